The number of hydrogen-bond donors (Lipinski definition) is 1. The van der Waals surface area contributed by atoms with Crippen LogP contribution in [0.3, 0.4) is 0 Å². The molecule has 1 saturated heterocycles. The van der Waals surface area contributed by atoms with Crippen molar-refractivity contribution in [2.45, 2.75) is 66.2 Å². The lowest BCUT2D eigenvalue weighted by Crippen LogP contribution is -2.35. The fourth-order valence-electron chi connectivity index (χ4n) is 4.33. The summed E-state index contributed by atoms with van der Waals surface area (Å²) in [6, 6.07) is 6.52. The number of rotatable bonds is 12. The van der Waals surface area contributed by atoms with Crippen LogP contribution in [0.2, 0.25) is 0 Å². The Morgan fingerprint density at radius 3 is 2.56 bits per heavy atom. The zero-order chi connectivity index (χ0) is 25.4. The van der Waals surface area contributed by atoms with Gasteiger partial charge in [-0.05, 0) is 74.5 Å². The smallest absolute Gasteiger partial charge is 0.197 e. The number of aryl methyl sites for hydroxylation is 1. The maximum absolute atomic E-state index is 11.5. The van der Waals surface area contributed by atoms with Gasteiger partial charge in [-0.25, -0.2) is 0 Å². The maximum atomic E-state index is 11.5. The van der Waals surface area contributed by atoms with Gasteiger partial charge >= 0.3 is 0 Å². The normalized spacial score (nSPS) is 17.4. The average molecular weight is 492 g/mol. The first kappa shape index (κ1) is 28.5. The Hall–Kier alpha value is -1.71. The predicted octanol–water partition coefficient (Wildman–Crippen LogP) is 7.05. The number of ether oxygens (including phenoxy) is 2. The first-order valence-corrected chi connectivity index (χ1v) is 14.9. The maximum Gasteiger partial charge on any atom is 0.197 e. The topological polar surface area (TPSA) is 59.0 Å². The van der Waals surface area contributed by atoms with E-state index in [1.54, 1.807) is 7.11 Å². The molecule has 1 atom stereocenters. The molecule has 1 aromatic carbocycles. The van der Waals surface area contributed by atoms with Crippen molar-refractivity contribution in [2.24, 2.45) is 11.3 Å². The van der Waals surface area contributed by atoms with Gasteiger partial charge < -0.3 is 19.3 Å². The average Bonchev–Trinajstić information content (AvgIpc) is 2.75. The Kier molecular flexibility index (Phi) is 10.8. The van der Waals surface area contributed by atoms with Crippen molar-refractivity contribution in [3.63, 3.8) is 0 Å². The number of allylic oxidation sites excluding steroid dienone is 3. The van der Waals surface area contributed by atoms with Crippen molar-refractivity contribution in [1.82, 2.24) is 0 Å². The second-order valence-corrected chi connectivity index (χ2v) is 13.6. The molecule has 2 rings (SSSR count). The number of anilines is 1. The van der Waals surface area contributed by atoms with E-state index in [9.17, 15) is 9.46 Å². The van der Waals surface area contributed by atoms with Gasteiger partial charge in [0.1, 0.15) is 5.75 Å². The van der Waals surface area contributed by atoms with Gasteiger partial charge in [0, 0.05) is 37.7 Å². The monoisotopic (exact) mass is 491 g/mol. The molecule has 0 amide bonds. The molecule has 6 heteroatoms. The zero-order valence-electron chi connectivity index (χ0n) is 22.2. The Balaban J connectivity index is 1.88. The van der Waals surface area contributed by atoms with Crippen LogP contribution in [0.15, 0.2) is 42.2 Å². The van der Waals surface area contributed by atoms with Crippen LogP contribution in [0, 0.1) is 11.3 Å². The number of benzene rings is 1. The van der Waals surface area contributed by atoms with Crippen LogP contribution in [0.1, 0.15) is 65.4 Å². The molecule has 192 valence electrons. The number of nitrogens with zero attached hydrogens (tertiary/aromatic N) is 1. The van der Waals surface area contributed by atoms with Crippen LogP contribution < -0.4 is 9.64 Å². The van der Waals surface area contributed by atoms with E-state index in [1.807, 2.05) is 13.0 Å². The molecular weight excluding hydrogens is 445 g/mol. The Bertz CT molecular complexity index is 873. The zero-order valence-corrected chi connectivity index (χ0v) is 23.1. The minimum Gasteiger partial charge on any atom is -0.498 e. The van der Waals surface area contributed by atoms with Crippen molar-refractivity contribution in [3.05, 3.63) is 47.7 Å². The fourth-order valence-corrected chi connectivity index (χ4v) is 5.03. The number of piperidine rings is 1. The number of methoxy groups -OCH3 is 1. The lowest BCUT2D eigenvalue weighted by atomic mass is 9.88. The molecule has 1 aliphatic rings. The van der Waals surface area contributed by atoms with E-state index in [0.29, 0.717) is 24.4 Å². The SMILES string of the molecule is C=C(/C=C(\C)OCC1CCN(c2cc(OC)ccc2CCCC(C)(C)C)CC1)CCP(C)(=O)O. The van der Waals surface area contributed by atoms with Gasteiger partial charge in [-0.1, -0.05) is 39.0 Å². The first-order valence-electron chi connectivity index (χ1n) is 12.6. The van der Waals surface area contributed by atoms with Crippen LogP contribution >= 0.6 is 7.37 Å². The minimum atomic E-state index is -3.00. The molecule has 1 N–H and O–H groups in total. The van der Waals surface area contributed by atoms with Crippen molar-refractivity contribution in [2.75, 3.05) is 44.5 Å². The summed E-state index contributed by atoms with van der Waals surface area (Å²) in [5.74, 6) is 2.27. The first-order chi connectivity index (χ1) is 15.9. The van der Waals surface area contributed by atoms with Gasteiger partial charge in [0.25, 0.3) is 0 Å². The van der Waals surface area contributed by atoms with Gasteiger partial charge in [-0.3, -0.25) is 4.57 Å². The highest BCUT2D eigenvalue weighted by Crippen LogP contribution is 2.37. The lowest BCUT2D eigenvalue weighted by Gasteiger charge is -2.35. The molecule has 0 aliphatic carbocycles. The molecule has 0 aromatic heterocycles. The number of hydrogen-bond acceptors (Lipinski definition) is 4. The van der Waals surface area contributed by atoms with E-state index >= 15 is 0 Å². The summed E-state index contributed by atoms with van der Waals surface area (Å²) < 4.78 is 23.0. The van der Waals surface area contributed by atoms with E-state index in [4.69, 9.17) is 9.47 Å². The molecule has 34 heavy (non-hydrogen) atoms. The summed E-state index contributed by atoms with van der Waals surface area (Å²) in [7, 11) is -1.26. The molecule has 0 spiro atoms. The molecular formula is C28H46NO4P. The minimum absolute atomic E-state index is 0.260. The van der Waals surface area contributed by atoms with Gasteiger partial charge in [-0.15, -0.1) is 0 Å². The second-order valence-electron chi connectivity index (χ2n) is 11.1. The molecule has 5 nitrogen and oxygen atoms in total. The molecule has 1 aromatic rings. The van der Waals surface area contributed by atoms with E-state index < -0.39 is 7.37 Å². The predicted molar refractivity (Wildman–Crippen MR) is 144 cm³/mol. The molecule has 1 fully saturated rings. The Morgan fingerprint density at radius 2 is 1.97 bits per heavy atom. The molecule has 0 bridgehead atoms. The van der Waals surface area contributed by atoms with Crippen LogP contribution in [0.5, 0.6) is 5.75 Å². The summed E-state index contributed by atoms with van der Waals surface area (Å²) >= 11 is 0. The van der Waals surface area contributed by atoms with Crippen molar-refractivity contribution in [3.8, 4) is 5.75 Å². The summed E-state index contributed by atoms with van der Waals surface area (Å²) in [4.78, 5) is 12.0. The van der Waals surface area contributed by atoms with E-state index in [-0.39, 0.29) is 6.16 Å². The van der Waals surface area contributed by atoms with E-state index in [1.165, 1.54) is 30.8 Å². The third-order valence-corrected chi connectivity index (χ3v) is 7.48. The Labute approximate surface area is 207 Å². The van der Waals surface area contributed by atoms with E-state index in [0.717, 1.165) is 49.4 Å². The highest BCUT2D eigenvalue weighted by atomic mass is 31.2. The fraction of sp³-hybridized carbons (Fsp3) is 0.643. The highest BCUT2D eigenvalue weighted by molar-refractivity contribution is 7.57. The summed E-state index contributed by atoms with van der Waals surface area (Å²) in [6.07, 6.45) is 8.36. The molecule has 0 saturated carbocycles. The van der Waals surface area contributed by atoms with Crippen molar-refractivity contribution in [1.29, 1.82) is 0 Å². The van der Waals surface area contributed by atoms with Crippen molar-refractivity contribution >= 4 is 13.1 Å². The summed E-state index contributed by atoms with van der Waals surface area (Å²) in [5.41, 5.74) is 3.93. The van der Waals surface area contributed by atoms with Crippen LogP contribution in [0.4, 0.5) is 5.69 Å². The van der Waals surface area contributed by atoms with Gasteiger partial charge in [0.2, 0.25) is 0 Å². The Morgan fingerprint density at radius 1 is 1.29 bits per heavy atom. The largest absolute Gasteiger partial charge is 0.498 e. The molecule has 0 radical (unpaired) electrons. The third-order valence-electron chi connectivity index (χ3n) is 6.42. The van der Waals surface area contributed by atoms with Crippen LogP contribution in [-0.2, 0) is 15.7 Å². The summed E-state index contributed by atoms with van der Waals surface area (Å²) in [6.45, 7) is 17.0. The molecule has 1 aliphatic heterocycles. The van der Waals surface area contributed by atoms with Crippen LogP contribution in [-0.4, -0.2) is 44.5 Å². The third kappa shape index (κ3) is 10.7. The summed E-state index contributed by atoms with van der Waals surface area (Å²) in [5, 5.41) is 0. The van der Waals surface area contributed by atoms with Gasteiger partial charge in [-0.2, -0.15) is 0 Å². The quantitative estimate of drug-likeness (QED) is 0.193. The second kappa shape index (κ2) is 12.8. The van der Waals surface area contributed by atoms with Crippen molar-refractivity contribution < 1.29 is 18.9 Å². The van der Waals surface area contributed by atoms with Gasteiger partial charge in [0.05, 0.1) is 19.5 Å². The van der Waals surface area contributed by atoms with E-state index in [2.05, 4.69) is 50.4 Å². The molecule has 1 heterocycles. The van der Waals surface area contributed by atoms with Gasteiger partial charge in [0.15, 0.2) is 7.37 Å². The lowest BCUT2D eigenvalue weighted by molar-refractivity contribution is 0.151. The standard InChI is InChI=1S/C28H46NO4P/c1-22(14-18-34(7,30)31)19-23(2)33-21-24-12-16-29(17-13-24)27-20-26(32-6)11-10-25(27)9-8-15-28(3,4)5/h10-11,19-20,24H,1,8-9,12-18,21H2,2-7H3,(H,30,31)/b23-19+. The highest BCUT2D eigenvalue weighted by Gasteiger charge is 2.22. The molecule has 1 unspecified atom stereocenters. The van der Waals surface area contributed by atoms with Crippen LogP contribution in [0.25, 0.3) is 0 Å².